The van der Waals surface area contributed by atoms with Gasteiger partial charge in [-0.05, 0) is 24.7 Å². The van der Waals surface area contributed by atoms with Crippen molar-refractivity contribution in [2.75, 3.05) is 13.7 Å². The first-order valence-corrected chi connectivity index (χ1v) is 5.68. The van der Waals surface area contributed by atoms with Crippen molar-refractivity contribution in [2.24, 2.45) is 0 Å². The third kappa shape index (κ3) is 5.28. The van der Waals surface area contributed by atoms with Gasteiger partial charge in [-0.15, -0.1) is 0 Å². The summed E-state index contributed by atoms with van der Waals surface area (Å²) in [6.07, 6.45) is -10.5. The maximum Gasteiger partial charge on any atom is 0.419 e. The molecule has 1 aromatic rings. The highest BCUT2D eigenvalue weighted by Crippen LogP contribution is 2.37. The van der Waals surface area contributed by atoms with Crippen LogP contribution < -0.4 is 10.1 Å². The van der Waals surface area contributed by atoms with Gasteiger partial charge in [-0.1, -0.05) is 6.07 Å². The smallest absolute Gasteiger partial charge is 0.419 e. The number of benzene rings is 1. The fraction of sp³-hybridized carbons (Fsp3) is 0.500. The van der Waals surface area contributed by atoms with Crippen LogP contribution in [0.1, 0.15) is 17.5 Å². The topological polar surface area (TPSA) is 21.3 Å². The number of halogens is 6. The van der Waals surface area contributed by atoms with Crippen LogP contribution in [0.25, 0.3) is 0 Å². The van der Waals surface area contributed by atoms with E-state index in [0.717, 1.165) is 12.1 Å². The van der Waals surface area contributed by atoms with E-state index in [-0.39, 0.29) is 6.54 Å². The minimum atomic E-state index is -4.68. The molecule has 0 saturated heterocycles. The van der Waals surface area contributed by atoms with Crippen LogP contribution in [-0.4, -0.2) is 19.8 Å². The highest BCUT2D eigenvalue weighted by molar-refractivity contribution is 5.39. The molecule has 0 unspecified atom stereocenters. The summed E-state index contributed by atoms with van der Waals surface area (Å²) in [5.74, 6) is -0.596. The quantitative estimate of drug-likeness (QED) is 0.836. The summed E-state index contributed by atoms with van der Waals surface area (Å²) in [6.45, 7) is -0.635. The van der Waals surface area contributed by atoms with Gasteiger partial charge in [0.2, 0.25) is 0 Å². The maximum atomic E-state index is 12.8. The molecule has 20 heavy (non-hydrogen) atoms. The zero-order valence-corrected chi connectivity index (χ0v) is 10.5. The van der Waals surface area contributed by atoms with Gasteiger partial charge in [0.1, 0.15) is 5.75 Å². The first-order valence-electron chi connectivity index (χ1n) is 5.68. The third-order valence-corrected chi connectivity index (χ3v) is 2.37. The summed E-state index contributed by atoms with van der Waals surface area (Å²) < 4.78 is 78.9. The lowest BCUT2D eigenvalue weighted by Crippen LogP contribution is -2.16. The summed E-state index contributed by atoms with van der Waals surface area (Å²) in [5.41, 5.74) is -0.713. The molecule has 2 nitrogen and oxygen atoms in total. The maximum absolute atomic E-state index is 12.8. The van der Waals surface area contributed by atoms with E-state index in [1.165, 1.54) is 6.07 Å². The lowest BCUT2D eigenvalue weighted by atomic mass is 10.1. The molecule has 0 aromatic heterocycles. The van der Waals surface area contributed by atoms with Crippen LogP contribution in [0.2, 0.25) is 0 Å². The number of hydrogen-bond donors (Lipinski definition) is 1. The van der Waals surface area contributed by atoms with Gasteiger partial charge in [0.05, 0.1) is 18.6 Å². The van der Waals surface area contributed by atoms with Crippen molar-refractivity contribution >= 4 is 0 Å². The predicted molar refractivity (Wildman–Crippen MR) is 60.4 cm³/mol. The lowest BCUT2D eigenvalue weighted by Gasteiger charge is -2.16. The zero-order chi connectivity index (χ0) is 15.4. The second-order valence-electron chi connectivity index (χ2n) is 4.07. The number of ether oxygens (including phenoxy) is 1. The molecule has 1 aromatic carbocycles. The molecule has 0 spiro atoms. The molecule has 0 aliphatic heterocycles. The Bertz CT molecular complexity index is 441. The summed E-state index contributed by atoms with van der Waals surface area (Å²) in [5, 5.41) is 2.69. The van der Waals surface area contributed by atoms with Gasteiger partial charge in [-0.3, -0.25) is 0 Å². The van der Waals surface area contributed by atoms with Gasteiger partial charge >= 0.3 is 12.4 Å². The van der Waals surface area contributed by atoms with Gasteiger partial charge in [-0.25, -0.2) is 0 Å². The Labute approximate surface area is 111 Å². The van der Waals surface area contributed by atoms with Crippen molar-refractivity contribution in [3.63, 3.8) is 0 Å². The van der Waals surface area contributed by atoms with Crippen molar-refractivity contribution < 1.29 is 31.1 Å². The molecular weight excluding hydrogens is 288 g/mol. The number of nitrogens with one attached hydrogen (secondary N) is 1. The summed E-state index contributed by atoms with van der Waals surface area (Å²) in [7, 11) is 1.57. The number of rotatable bonds is 5. The molecule has 1 N–H and O–H groups in total. The molecule has 114 valence electrons. The Morgan fingerprint density at radius 1 is 1.10 bits per heavy atom. The monoisotopic (exact) mass is 301 g/mol. The molecule has 0 fully saturated rings. The number of hydrogen-bond acceptors (Lipinski definition) is 2. The molecule has 0 radical (unpaired) electrons. The minimum absolute atomic E-state index is 0.214. The Hall–Kier alpha value is -1.44. The molecule has 0 aliphatic rings. The second kappa shape index (κ2) is 6.34. The van der Waals surface area contributed by atoms with Crippen molar-refractivity contribution in [1.29, 1.82) is 0 Å². The summed E-state index contributed by atoms with van der Waals surface area (Å²) >= 11 is 0. The standard InChI is InChI=1S/C12H13F6NO/c1-19-7-8-2-3-10(9(6-8)12(16,17)18)20-5-4-11(13,14)15/h2-3,6,19H,4-5,7H2,1H3. The fourth-order valence-electron chi connectivity index (χ4n) is 1.52. The van der Waals surface area contributed by atoms with E-state index in [2.05, 4.69) is 10.1 Å². The predicted octanol–water partition coefficient (Wildman–Crippen LogP) is 3.76. The van der Waals surface area contributed by atoms with Gasteiger partial charge in [0.15, 0.2) is 0 Å². The van der Waals surface area contributed by atoms with Crippen LogP contribution in [0.4, 0.5) is 26.3 Å². The van der Waals surface area contributed by atoms with Gasteiger partial charge < -0.3 is 10.1 Å². The third-order valence-electron chi connectivity index (χ3n) is 2.37. The molecule has 0 atom stereocenters. The number of alkyl halides is 6. The molecule has 0 saturated carbocycles. The second-order valence-corrected chi connectivity index (χ2v) is 4.07. The Morgan fingerprint density at radius 3 is 2.25 bits per heavy atom. The Morgan fingerprint density at radius 2 is 1.75 bits per heavy atom. The largest absolute Gasteiger partial charge is 0.493 e. The average molecular weight is 301 g/mol. The highest BCUT2D eigenvalue weighted by Gasteiger charge is 2.35. The molecule has 1 rings (SSSR count). The first kappa shape index (κ1) is 16.6. The zero-order valence-electron chi connectivity index (χ0n) is 10.5. The normalized spacial score (nSPS) is 12.6. The average Bonchev–Trinajstić information content (AvgIpc) is 2.28. The Kier molecular flexibility index (Phi) is 5.27. The first-order chi connectivity index (χ1) is 9.13. The van der Waals surface area contributed by atoms with Crippen LogP contribution >= 0.6 is 0 Å². The highest BCUT2D eigenvalue weighted by atomic mass is 19.4. The fourth-order valence-corrected chi connectivity index (χ4v) is 1.52. The van der Waals surface area contributed by atoms with Gasteiger partial charge in [-0.2, -0.15) is 26.3 Å². The van der Waals surface area contributed by atoms with E-state index in [9.17, 15) is 26.3 Å². The Balaban J connectivity index is 2.89. The minimum Gasteiger partial charge on any atom is -0.493 e. The van der Waals surface area contributed by atoms with Crippen LogP contribution in [0.3, 0.4) is 0 Å². The molecule has 0 aliphatic carbocycles. The molecule has 0 amide bonds. The van der Waals surface area contributed by atoms with E-state index < -0.39 is 36.7 Å². The van der Waals surface area contributed by atoms with Crippen LogP contribution in [-0.2, 0) is 12.7 Å². The van der Waals surface area contributed by atoms with Gasteiger partial charge in [0, 0.05) is 6.54 Å². The van der Waals surface area contributed by atoms with Gasteiger partial charge in [0.25, 0.3) is 0 Å². The van der Waals surface area contributed by atoms with Crippen LogP contribution in [0, 0.1) is 0 Å². The lowest BCUT2D eigenvalue weighted by molar-refractivity contribution is -0.143. The van der Waals surface area contributed by atoms with E-state index in [0.29, 0.717) is 5.56 Å². The SMILES string of the molecule is CNCc1ccc(OCCC(F)(F)F)c(C(F)(F)F)c1. The van der Waals surface area contributed by atoms with E-state index in [1.807, 2.05) is 0 Å². The van der Waals surface area contributed by atoms with E-state index >= 15 is 0 Å². The van der Waals surface area contributed by atoms with Crippen molar-refractivity contribution in [3.8, 4) is 5.75 Å². The van der Waals surface area contributed by atoms with Crippen LogP contribution in [0.5, 0.6) is 5.75 Å². The van der Waals surface area contributed by atoms with Crippen LogP contribution in [0.15, 0.2) is 18.2 Å². The molecule has 0 heterocycles. The molecule has 0 bridgehead atoms. The molecular formula is C12H13F6NO. The van der Waals surface area contributed by atoms with Crippen molar-refractivity contribution in [2.45, 2.75) is 25.3 Å². The summed E-state index contributed by atoms with van der Waals surface area (Å²) in [4.78, 5) is 0. The van der Waals surface area contributed by atoms with E-state index in [1.54, 1.807) is 7.05 Å². The van der Waals surface area contributed by atoms with Crippen molar-refractivity contribution in [3.05, 3.63) is 29.3 Å². The van der Waals surface area contributed by atoms with Crippen molar-refractivity contribution in [1.82, 2.24) is 5.32 Å². The molecule has 8 heteroatoms. The summed E-state index contributed by atoms with van der Waals surface area (Å²) in [6, 6.07) is 3.26. The van der Waals surface area contributed by atoms with E-state index in [4.69, 9.17) is 0 Å².